The van der Waals surface area contributed by atoms with Gasteiger partial charge in [-0.3, -0.25) is 24.6 Å². The van der Waals surface area contributed by atoms with Gasteiger partial charge in [-0.05, 0) is 29.8 Å². The summed E-state index contributed by atoms with van der Waals surface area (Å²) in [7, 11) is 1.50. The third kappa shape index (κ3) is 3.58. The van der Waals surface area contributed by atoms with E-state index in [4.69, 9.17) is 4.74 Å². The molecule has 1 heterocycles. The second-order valence-corrected chi connectivity index (χ2v) is 7.09. The molecule has 0 radical (unpaired) electrons. The molecule has 1 unspecified atom stereocenters. The molecule has 0 spiro atoms. The number of hydrogen-bond donors (Lipinski definition) is 1. The number of ether oxygens (including phenoxy) is 1. The van der Waals surface area contributed by atoms with Crippen LogP contribution in [-0.2, 0) is 9.59 Å². The maximum atomic E-state index is 13.1. The molecule has 8 heteroatoms. The number of rotatable bonds is 5. The zero-order valence-corrected chi connectivity index (χ0v) is 17.0. The fraction of sp³-hybridized carbons (Fsp3) is 0.0833. The van der Waals surface area contributed by atoms with Crippen molar-refractivity contribution in [1.82, 2.24) is 0 Å². The van der Waals surface area contributed by atoms with Crippen LogP contribution in [0, 0.1) is 10.1 Å². The molecule has 1 aliphatic heterocycles. The van der Waals surface area contributed by atoms with Crippen LogP contribution in [0.3, 0.4) is 0 Å². The number of benzene rings is 3. The molecule has 1 atom stereocenters. The number of amides is 1. The topological polar surface area (TPSA) is 110 Å². The number of nitro benzene ring substituents is 1. The third-order valence-corrected chi connectivity index (χ3v) is 5.24. The van der Waals surface area contributed by atoms with E-state index in [2.05, 4.69) is 0 Å². The second kappa shape index (κ2) is 8.35. The number of aliphatic hydroxyl groups is 1. The molecule has 1 saturated heterocycles. The first-order chi connectivity index (χ1) is 15.4. The molecule has 0 saturated carbocycles. The Kier molecular flexibility index (Phi) is 5.43. The number of aliphatic hydroxyl groups excluding tert-OH is 1. The van der Waals surface area contributed by atoms with E-state index in [9.17, 15) is 24.8 Å². The maximum Gasteiger partial charge on any atom is 0.300 e. The van der Waals surface area contributed by atoms with E-state index in [-0.39, 0.29) is 17.0 Å². The van der Waals surface area contributed by atoms with Crippen LogP contribution < -0.4 is 9.64 Å². The highest BCUT2D eigenvalue weighted by Crippen LogP contribution is 2.43. The van der Waals surface area contributed by atoms with Crippen LogP contribution in [0.25, 0.3) is 5.76 Å². The molecule has 1 amide bonds. The molecule has 0 bridgehead atoms. The lowest BCUT2D eigenvalue weighted by atomic mass is 9.95. The highest BCUT2D eigenvalue weighted by Gasteiger charge is 2.47. The number of Topliss-reactive ketones (excluding diaryl/α,β-unsaturated/α-hetero) is 1. The van der Waals surface area contributed by atoms with Crippen LogP contribution in [0.15, 0.2) is 84.4 Å². The summed E-state index contributed by atoms with van der Waals surface area (Å²) in [4.78, 5) is 38.2. The minimum atomic E-state index is -1.05. The summed E-state index contributed by atoms with van der Waals surface area (Å²) in [6.45, 7) is 0. The molecule has 8 nitrogen and oxygen atoms in total. The van der Waals surface area contributed by atoms with Gasteiger partial charge in [-0.2, -0.15) is 0 Å². The van der Waals surface area contributed by atoms with Gasteiger partial charge in [0.05, 0.1) is 23.6 Å². The lowest BCUT2D eigenvalue weighted by Crippen LogP contribution is -2.29. The Bertz CT molecular complexity index is 1230. The normalized spacial score (nSPS) is 17.4. The first-order valence-corrected chi connectivity index (χ1v) is 9.67. The van der Waals surface area contributed by atoms with Crippen molar-refractivity contribution >= 4 is 28.8 Å². The Hall–Kier alpha value is -4.46. The molecule has 32 heavy (non-hydrogen) atoms. The van der Waals surface area contributed by atoms with Gasteiger partial charge in [0.15, 0.2) is 0 Å². The van der Waals surface area contributed by atoms with Crippen molar-refractivity contribution in [1.29, 1.82) is 0 Å². The maximum absolute atomic E-state index is 13.1. The molecule has 0 aromatic heterocycles. The highest BCUT2D eigenvalue weighted by molar-refractivity contribution is 6.51. The van der Waals surface area contributed by atoms with E-state index in [1.54, 1.807) is 60.7 Å². The van der Waals surface area contributed by atoms with Crippen molar-refractivity contribution in [2.45, 2.75) is 6.04 Å². The number of methoxy groups -OCH3 is 1. The van der Waals surface area contributed by atoms with Crippen molar-refractivity contribution < 1.29 is 24.4 Å². The summed E-state index contributed by atoms with van der Waals surface area (Å²) in [5, 5.41) is 22.3. The average Bonchev–Trinajstić information content (AvgIpc) is 3.09. The number of nitro groups is 1. The quantitative estimate of drug-likeness (QED) is 0.213. The van der Waals surface area contributed by atoms with Gasteiger partial charge < -0.3 is 9.84 Å². The summed E-state index contributed by atoms with van der Waals surface area (Å²) in [5.74, 6) is -1.51. The fourth-order valence-corrected chi connectivity index (χ4v) is 3.72. The third-order valence-electron chi connectivity index (χ3n) is 5.24. The molecule has 1 aliphatic rings. The molecular weight excluding hydrogens is 412 g/mol. The minimum absolute atomic E-state index is 0.141. The number of anilines is 1. The Morgan fingerprint density at radius 3 is 2.31 bits per heavy atom. The lowest BCUT2D eigenvalue weighted by Gasteiger charge is -2.25. The first kappa shape index (κ1) is 20.8. The molecule has 1 N–H and O–H groups in total. The Morgan fingerprint density at radius 1 is 1.00 bits per heavy atom. The number of non-ortho nitro benzene ring substituents is 1. The monoisotopic (exact) mass is 430 g/mol. The van der Waals surface area contributed by atoms with E-state index < -0.39 is 22.7 Å². The van der Waals surface area contributed by atoms with Crippen LogP contribution in [0.5, 0.6) is 5.75 Å². The Morgan fingerprint density at radius 2 is 1.69 bits per heavy atom. The summed E-state index contributed by atoms with van der Waals surface area (Å²) in [5.41, 5.74) is 0.735. The number of hydrogen-bond acceptors (Lipinski definition) is 6. The van der Waals surface area contributed by atoms with Crippen LogP contribution >= 0.6 is 0 Å². The SMILES string of the molecule is COc1ccc(N2C(=O)C(=O)/C(=C(\O)c3ccccc3)C2c2cccc([N+](=O)[O-])c2)cc1. The van der Waals surface area contributed by atoms with E-state index in [1.807, 2.05) is 0 Å². The van der Waals surface area contributed by atoms with E-state index in [0.717, 1.165) is 0 Å². The van der Waals surface area contributed by atoms with Gasteiger partial charge in [0.1, 0.15) is 11.5 Å². The van der Waals surface area contributed by atoms with Crippen LogP contribution in [-0.4, -0.2) is 28.8 Å². The van der Waals surface area contributed by atoms with Gasteiger partial charge >= 0.3 is 0 Å². The van der Waals surface area contributed by atoms with Crippen molar-refractivity contribution in [2.24, 2.45) is 0 Å². The fourth-order valence-electron chi connectivity index (χ4n) is 3.72. The van der Waals surface area contributed by atoms with Gasteiger partial charge in [-0.15, -0.1) is 0 Å². The van der Waals surface area contributed by atoms with Crippen molar-refractivity contribution in [3.05, 3.63) is 106 Å². The van der Waals surface area contributed by atoms with E-state index >= 15 is 0 Å². The highest BCUT2D eigenvalue weighted by atomic mass is 16.6. The molecule has 4 rings (SSSR count). The molecule has 0 aliphatic carbocycles. The van der Waals surface area contributed by atoms with Crippen molar-refractivity contribution in [3.8, 4) is 5.75 Å². The molecule has 1 fully saturated rings. The van der Waals surface area contributed by atoms with Crippen LogP contribution in [0.4, 0.5) is 11.4 Å². The summed E-state index contributed by atoms with van der Waals surface area (Å²) >= 11 is 0. The predicted molar refractivity (Wildman–Crippen MR) is 117 cm³/mol. The number of ketones is 1. The summed E-state index contributed by atoms with van der Waals surface area (Å²) < 4.78 is 5.16. The smallest absolute Gasteiger partial charge is 0.300 e. The molecule has 3 aromatic rings. The zero-order valence-electron chi connectivity index (χ0n) is 17.0. The summed E-state index contributed by atoms with van der Waals surface area (Å²) in [6.07, 6.45) is 0. The van der Waals surface area contributed by atoms with E-state index in [1.165, 1.54) is 30.2 Å². The Labute approximate surface area is 183 Å². The van der Waals surface area contributed by atoms with E-state index in [0.29, 0.717) is 22.6 Å². The number of nitrogens with zero attached hydrogens (tertiary/aromatic N) is 2. The minimum Gasteiger partial charge on any atom is -0.507 e. The van der Waals surface area contributed by atoms with Crippen molar-refractivity contribution in [2.75, 3.05) is 12.0 Å². The number of carbonyl (C=O) groups excluding carboxylic acids is 2. The molecular formula is C24H18N2O6. The first-order valence-electron chi connectivity index (χ1n) is 9.67. The predicted octanol–water partition coefficient (Wildman–Crippen LogP) is 4.23. The zero-order chi connectivity index (χ0) is 22.8. The van der Waals surface area contributed by atoms with Gasteiger partial charge in [-0.25, -0.2) is 0 Å². The van der Waals surface area contributed by atoms with Gasteiger partial charge in [0.2, 0.25) is 0 Å². The number of carbonyl (C=O) groups is 2. The lowest BCUT2D eigenvalue weighted by molar-refractivity contribution is -0.384. The standard InChI is InChI=1S/C24H18N2O6/c1-32-19-12-10-17(11-13-19)25-21(16-8-5-9-18(14-16)26(30)31)20(23(28)24(25)29)22(27)15-6-3-2-4-7-15/h2-14,21,27H,1H3/b22-20-. The molecule has 3 aromatic carbocycles. The van der Waals surface area contributed by atoms with Crippen molar-refractivity contribution in [3.63, 3.8) is 0 Å². The summed E-state index contributed by atoms with van der Waals surface area (Å²) in [6, 6.07) is 19.5. The molecule has 160 valence electrons. The largest absolute Gasteiger partial charge is 0.507 e. The second-order valence-electron chi connectivity index (χ2n) is 7.09. The van der Waals surface area contributed by atoms with Gasteiger partial charge in [-0.1, -0.05) is 42.5 Å². The van der Waals surface area contributed by atoms with Gasteiger partial charge in [0, 0.05) is 23.4 Å². The van der Waals surface area contributed by atoms with Gasteiger partial charge in [0.25, 0.3) is 17.4 Å². The van der Waals surface area contributed by atoms with Crippen LogP contribution in [0.2, 0.25) is 0 Å². The Balaban J connectivity index is 1.95. The average molecular weight is 430 g/mol. The van der Waals surface area contributed by atoms with Crippen LogP contribution in [0.1, 0.15) is 17.2 Å².